The molecule has 5 rings (SSSR count). The molecular weight excluding hydrogens is 434 g/mol. The average molecular weight is 462 g/mol. The maximum absolute atomic E-state index is 13.6. The number of aryl methyl sites for hydroxylation is 1. The number of Topliss-reactive ketones (excluding diaryl/α,β-unsaturated/α-hetero) is 1. The van der Waals surface area contributed by atoms with Crippen LogP contribution >= 0.6 is 0 Å². The zero-order chi connectivity index (χ0) is 23.2. The van der Waals surface area contributed by atoms with Gasteiger partial charge in [0.25, 0.3) is 0 Å². The number of hydrogen-bond acceptors (Lipinski definition) is 4. The second-order valence-corrected chi connectivity index (χ2v) is 10.8. The molecule has 0 spiro atoms. The van der Waals surface area contributed by atoms with Gasteiger partial charge in [0.1, 0.15) is 0 Å². The Bertz CT molecular complexity index is 1320. The van der Waals surface area contributed by atoms with Crippen molar-refractivity contribution in [2.45, 2.75) is 50.1 Å². The monoisotopic (exact) mass is 461 g/mol. The van der Waals surface area contributed by atoms with E-state index in [1.807, 2.05) is 35.9 Å². The second kappa shape index (κ2) is 8.39. The summed E-state index contributed by atoms with van der Waals surface area (Å²) in [5.74, 6) is -0.0454. The standard InChI is InChI=1S/C26H27N3O3S/c1-18-10-12-21(13-11-18)33(31,32)29-14-6-9-22(29)25(30)15-23-26(20-7-4-3-5-8-20)19(2)24-16-27-17-28(23)24/h3-5,7-8,10-13,16-17,22-23H,6,9,14-15H2,1-2H3/t22-,23?/m0/s1. The van der Waals surface area contributed by atoms with Gasteiger partial charge in [-0.1, -0.05) is 48.0 Å². The first-order valence-electron chi connectivity index (χ1n) is 11.3. The Balaban J connectivity index is 1.44. The van der Waals surface area contributed by atoms with E-state index < -0.39 is 16.1 Å². The summed E-state index contributed by atoms with van der Waals surface area (Å²) in [4.78, 5) is 18.1. The molecule has 3 aromatic rings. The van der Waals surface area contributed by atoms with Crippen LogP contribution in [0.2, 0.25) is 0 Å². The molecule has 7 heteroatoms. The normalized spacial score (nSPS) is 20.9. The maximum atomic E-state index is 13.6. The lowest BCUT2D eigenvalue weighted by molar-refractivity contribution is -0.122. The average Bonchev–Trinajstić information content (AvgIpc) is 3.53. The van der Waals surface area contributed by atoms with Crippen LogP contribution < -0.4 is 0 Å². The van der Waals surface area contributed by atoms with Crippen molar-refractivity contribution in [3.8, 4) is 0 Å². The fourth-order valence-electron chi connectivity index (χ4n) is 5.12. The van der Waals surface area contributed by atoms with Crippen LogP contribution in [0.3, 0.4) is 0 Å². The minimum Gasteiger partial charge on any atom is -0.323 e. The molecule has 0 radical (unpaired) electrons. The largest absolute Gasteiger partial charge is 0.323 e. The summed E-state index contributed by atoms with van der Waals surface area (Å²) < 4.78 is 30.1. The molecule has 0 aliphatic carbocycles. The molecule has 1 saturated heterocycles. The number of nitrogens with zero attached hydrogens (tertiary/aromatic N) is 3. The van der Waals surface area contributed by atoms with Gasteiger partial charge < -0.3 is 4.57 Å². The number of fused-ring (bicyclic) bond motifs is 1. The van der Waals surface area contributed by atoms with Gasteiger partial charge in [0.2, 0.25) is 10.0 Å². The zero-order valence-electron chi connectivity index (χ0n) is 18.8. The zero-order valence-corrected chi connectivity index (χ0v) is 19.6. The molecule has 0 bridgehead atoms. The number of allylic oxidation sites excluding steroid dienone is 2. The molecule has 1 fully saturated rings. The van der Waals surface area contributed by atoms with E-state index in [1.54, 1.807) is 30.6 Å². The number of benzene rings is 2. The van der Waals surface area contributed by atoms with Crippen LogP contribution in [0.1, 0.15) is 49.0 Å². The third-order valence-electron chi connectivity index (χ3n) is 6.81. The maximum Gasteiger partial charge on any atom is 0.243 e. The van der Waals surface area contributed by atoms with Crippen LogP contribution in [0, 0.1) is 6.92 Å². The lowest BCUT2D eigenvalue weighted by Gasteiger charge is -2.25. The van der Waals surface area contributed by atoms with Crippen molar-refractivity contribution >= 4 is 27.0 Å². The number of ketones is 1. The van der Waals surface area contributed by atoms with E-state index in [0.717, 1.165) is 28.0 Å². The van der Waals surface area contributed by atoms with Gasteiger partial charge in [-0.2, -0.15) is 4.31 Å². The molecule has 3 heterocycles. The van der Waals surface area contributed by atoms with Gasteiger partial charge in [0, 0.05) is 13.0 Å². The molecule has 0 N–H and O–H groups in total. The molecule has 2 aliphatic rings. The van der Waals surface area contributed by atoms with E-state index in [4.69, 9.17) is 0 Å². The number of aromatic nitrogens is 2. The first-order chi connectivity index (χ1) is 15.9. The predicted molar refractivity (Wildman–Crippen MR) is 128 cm³/mol. The molecule has 2 atom stereocenters. The molecule has 6 nitrogen and oxygen atoms in total. The number of rotatable bonds is 6. The van der Waals surface area contributed by atoms with Gasteiger partial charge in [0.05, 0.1) is 35.2 Å². The highest BCUT2D eigenvalue weighted by atomic mass is 32.2. The Kier molecular flexibility index (Phi) is 5.54. The van der Waals surface area contributed by atoms with Gasteiger partial charge >= 0.3 is 0 Å². The summed E-state index contributed by atoms with van der Waals surface area (Å²) in [5.41, 5.74) is 5.28. The van der Waals surface area contributed by atoms with Gasteiger partial charge in [-0.15, -0.1) is 0 Å². The van der Waals surface area contributed by atoms with Gasteiger partial charge in [0.15, 0.2) is 5.78 Å². The Morgan fingerprint density at radius 2 is 1.79 bits per heavy atom. The molecule has 2 aromatic carbocycles. The van der Waals surface area contributed by atoms with Crippen molar-refractivity contribution in [2.24, 2.45) is 0 Å². The van der Waals surface area contributed by atoms with Crippen LogP contribution in [-0.2, 0) is 14.8 Å². The molecular formula is C26H27N3O3S. The molecule has 33 heavy (non-hydrogen) atoms. The number of sulfonamides is 1. The number of carbonyl (C=O) groups is 1. The smallest absolute Gasteiger partial charge is 0.243 e. The van der Waals surface area contributed by atoms with Crippen LogP contribution in [0.5, 0.6) is 0 Å². The topological polar surface area (TPSA) is 72.3 Å². The van der Waals surface area contributed by atoms with Crippen molar-refractivity contribution in [1.82, 2.24) is 13.9 Å². The highest BCUT2D eigenvalue weighted by molar-refractivity contribution is 7.89. The highest BCUT2D eigenvalue weighted by Crippen LogP contribution is 2.44. The van der Waals surface area contributed by atoms with Crippen molar-refractivity contribution in [3.05, 3.63) is 83.9 Å². The van der Waals surface area contributed by atoms with E-state index >= 15 is 0 Å². The van der Waals surface area contributed by atoms with E-state index in [2.05, 4.69) is 24.0 Å². The van der Waals surface area contributed by atoms with Crippen LogP contribution in [0.15, 0.2) is 72.0 Å². The lowest BCUT2D eigenvalue weighted by atomic mass is 9.91. The second-order valence-electron chi connectivity index (χ2n) is 8.86. The Morgan fingerprint density at radius 3 is 2.52 bits per heavy atom. The molecule has 0 saturated carbocycles. The summed E-state index contributed by atoms with van der Waals surface area (Å²) >= 11 is 0. The lowest BCUT2D eigenvalue weighted by Crippen LogP contribution is -2.41. The highest BCUT2D eigenvalue weighted by Gasteiger charge is 2.41. The third kappa shape index (κ3) is 3.75. The van der Waals surface area contributed by atoms with E-state index in [0.29, 0.717) is 19.4 Å². The molecule has 1 unspecified atom stereocenters. The first-order valence-corrected chi connectivity index (χ1v) is 12.7. The molecule has 170 valence electrons. The summed E-state index contributed by atoms with van der Waals surface area (Å²) in [6.45, 7) is 4.35. The van der Waals surface area contributed by atoms with Crippen molar-refractivity contribution < 1.29 is 13.2 Å². The molecule has 0 amide bonds. The van der Waals surface area contributed by atoms with Gasteiger partial charge in [-0.3, -0.25) is 4.79 Å². The van der Waals surface area contributed by atoms with E-state index in [-0.39, 0.29) is 23.1 Å². The molecule has 1 aromatic heterocycles. The van der Waals surface area contributed by atoms with Crippen molar-refractivity contribution in [2.75, 3.05) is 6.54 Å². The van der Waals surface area contributed by atoms with Crippen LogP contribution in [-0.4, -0.2) is 40.6 Å². The summed E-state index contributed by atoms with van der Waals surface area (Å²) in [6.07, 6.45) is 5.06. The number of carbonyl (C=O) groups excluding carboxylic acids is 1. The van der Waals surface area contributed by atoms with Crippen LogP contribution in [0.4, 0.5) is 0 Å². The minimum absolute atomic E-state index is 0.0454. The SMILES string of the molecule is CC1=C(c2ccccc2)C(CC(=O)[C@@H]2CCCN2S(=O)(=O)c2ccc(C)cc2)n2cncc21. The fourth-order valence-corrected chi connectivity index (χ4v) is 6.80. The number of hydrogen-bond donors (Lipinski definition) is 0. The van der Waals surface area contributed by atoms with Crippen molar-refractivity contribution in [3.63, 3.8) is 0 Å². The summed E-state index contributed by atoms with van der Waals surface area (Å²) in [5, 5.41) is 0. The Labute approximate surface area is 194 Å². The van der Waals surface area contributed by atoms with Crippen LogP contribution in [0.25, 0.3) is 11.1 Å². The van der Waals surface area contributed by atoms with Gasteiger partial charge in [-0.25, -0.2) is 13.4 Å². The minimum atomic E-state index is -3.73. The predicted octanol–water partition coefficient (Wildman–Crippen LogP) is 4.49. The Hall–Kier alpha value is -3.03. The quantitative estimate of drug-likeness (QED) is 0.542. The summed E-state index contributed by atoms with van der Waals surface area (Å²) in [6, 6.07) is 16.1. The Morgan fingerprint density at radius 1 is 1.06 bits per heavy atom. The summed E-state index contributed by atoms with van der Waals surface area (Å²) in [7, 11) is -3.73. The number of imidazole rings is 1. The first kappa shape index (κ1) is 21.8. The third-order valence-corrected chi connectivity index (χ3v) is 8.73. The van der Waals surface area contributed by atoms with E-state index in [1.165, 1.54) is 4.31 Å². The fraction of sp³-hybridized carbons (Fsp3) is 0.308. The molecule has 2 aliphatic heterocycles. The van der Waals surface area contributed by atoms with Crippen molar-refractivity contribution in [1.29, 1.82) is 0 Å². The van der Waals surface area contributed by atoms with E-state index in [9.17, 15) is 13.2 Å². The van der Waals surface area contributed by atoms with Gasteiger partial charge in [-0.05, 0) is 55.5 Å².